The second kappa shape index (κ2) is 11.0. The zero-order valence-corrected chi connectivity index (χ0v) is 16.2. The highest BCUT2D eigenvalue weighted by atomic mass is 19.1. The van der Waals surface area contributed by atoms with Crippen molar-refractivity contribution in [1.82, 2.24) is 10.6 Å². The van der Waals surface area contributed by atoms with Crippen LogP contribution in [0, 0.1) is 11.7 Å². The second-order valence-electron chi connectivity index (χ2n) is 6.40. The monoisotopic (exact) mass is 395 g/mol. The zero-order chi connectivity index (χ0) is 21.3. The smallest absolute Gasteiger partial charge is 0.308 e. The molecule has 3 atom stereocenters. The van der Waals surface area contributed by atoms with Crippen LogP contribution in [0.15, 0.2) is 24.3 Å². The maximum absolute atomic E-state index is 13.9. The van der Waals surface area contributed by atoms with Crippen molar-refractivity contribution < 1.29 is 28.3 Å². The number of amides is 3. The van der Waals surface area contributed by atoms with Crippen molar-refractivity contribution in [2.75, 3.05) is 6.61 Å². The van der Waals surface area contributed by atoms with E-state index in [1.165, 1.54) is 25.1 Å². The Morgan fingerprint density at radius 2 is 1.79 bits per heavy atom. The predicted molar refractivity (Wildman–Crippen MR) is 99.2 cm³/mol. The molecular formula is C19H26FN3O5. The number of ether oxygens (including phenoxy) is 1. The van der Waals surface area contributed by atoms with Gasteiger partial charge in [-0.25, -0.2) is 4.39 Å². The summed E-state index contributed by atoms with van der Waals surface area (Å²) in [6, 6.07) is 3.58. The Kier molecular flexibility index (Phi) is 9.07. The summed E-state index contributed by atoms with van der Waals surface area (Å²) < 4.78 is 18.8. The molecule has 0 aliphatic carbocycles. The Morgan fingerprint density at radius 3 is 2.32 bits per heavy atom. The molecule has 154 valence electrons. The summed E-state index contributed by atoms with van der Waals surface area (Å²) in [4.78, 5) is 47.5. The highest BCUT2D eigenvalue weighted by Crippen LogP contribution is 2.12. The number of hydrogen-bond donors (Lipinski definition) is 3. The van der Waals surface area contributed by atoms with Crippen LogP contribution in [0.4, 0.5) is 4.39 Å². The van der Waals surface area contributed by atoms with Crippen molar-refractivity contribution >= 4 is 23.7 Å². The van der Waals surface area contributed by atoms with Crippen molar-refractivity contribution in [3.05, 3.63) is 35.6 Å². The van der Waals surface area contributed by atoms with E-state index in [2.05, 4.69) is 10.6 Å². The minimum absolute atomic E-state index is 0.0631. The lowest BCUT2D eigenvalue weighted by Crippen LogP contribution is -2.54. The SMILES string of the molecule is CCOC(=O)[C@@H](C)C[C@@H](NC(=O)[C@@H](Cc1ccccc1F)NC(C)=O)C(N)=O. The largest absolute Gasteiger partial charge is 0.466 e. The molecule has 0 radical (unpaired) electrons. The molecule has 9 heteroatoms. The molecule has 0 aliphatic rings. The van der Waals surface area contributed by atoms with Gasteiger partial charge in [0.05, 0.1) is 12.5 Å². The van der Waals surface area contributed by atoms with Gasteiger partial charge in [-0.1, -0.05) is 25.1 Å². The fraction of sp³-hybridized carbons (Fsp3) is 0.474. The third-order valence-electron chi connectivity index (χ3n) is 4.01. The summed E-state index contributed by atoms with van der Waals surface area (Å²) in [5.74, 6) is -3.76. The molecule has 3 amide bonds. The minimum atomic E-state index is -1.15. The molecule has 4 N–H and O–H groups in total. The highest BCUT2D eigenvalue weighted by molar-refractivity contribution is 5.91. The van der Waals surface area contributed by atoms with Gasteiger partial charge in [0.1, 0.15) is 17.9 Å². The molecule has 1 rings (SSSR count). The van der Waals surface area contributed by atoms with E-state index in [1.807, 2.05) is 0 Å². The average Bonchev–Trinajstić information content (AvgIpc) is 2.61. The summed E-state index contributed by atoms with van der Waals surface area (Å²) in [7, 11) is 0. The number of carbonyl (C=O) groups is 4. The lowest BCUT2D eigenvalue weighted by Gasteiger charge is -2.23. The van der Waals surface area contributed by atoms with Gasteiger partial charge < -0.3 is 21.1 Å². The fourth-order valence-electron chi connectivity index (χ4n) is 2.59. The Balaban J connectivity index is 2.90. The first-order valence-electron chi connectivity index (χ1n) is 8.92. The molecule has 0 aromatic heterocycles. The topological polar surface area (TPSA) is 128 Å². The summed E-state index contributed by atoms with van der Waals surface area (Å²) in [6.45, 7) is 4.60. The number of nitrogens with one attached hydrogen (secondary N) is 2. The first kappa shape index (κ1) is 23.1. The van der Waals surface area contributed by atoms with Gasteiger partial charge in [-0.3, -0.25) is 19.2 Å². The van der Waals surface area contributed by atoms with Crippen LogP contribution in [0.2, 0.25) is 0 Å². The third kappa shape index (κ3) is 7.34. The van der Waals surface area contributed by atoms with E-state index in [4.69, 9.17) is 10.5 Å². The van der Waals surface area contributed by atoms with Crippen LogP contribution in [-0.4, -0.2) is 42.4 Å². The number of hydrogen-bond acceptors (Lipinski definition) is 5. The van der Waals surface area contributed by atoms with Gasteiger partial charge in [-0.15, -0.1) is 0 Å². The first-order valence-corrected chi connectivity index (χ1v) is 8.92. The molecule has 1 aromatic carbocycles. The summed E-state index contributed by atoms with van der Waals surface area (Å²) in [6.07, 6.45) is -0.177. The Bertz CT molecular complexity index is 725. The van der Waals surface area contributed by atoms with Crippen LogP contribution in [0.5, 0.6) is 0 Å². The average molecular weight is 395 g/mol. The molecular weight excluding hydrogens is 369 g/mol. The predicted octanol–water partition coefficient (Wildman–Crippen LogP) is 0.432. The van der Waals surface area contributed by atoms with Crippen LogP contribution < -0.4 is 16.4 Å². The van der Waals surface area contributed by atoms with E-state index in [1.54, 1.807) is 19.9 Å². The van der Waals surface area contributed by atoms with E-state index in [0.29, 0.717) is 0 Å². The van der Waals surface area contributed by atoms with E-state index in [9.17, 15) is 23.6 Å². The van der Waals surface area contributed by atoms with Crippen LogP contribution >= 0.6 is 0 Å². The zero-order valence-electron chi connectivity index (χ0n) is 16.2. The van der Waals surface area contributed by atoms with Gasteiger partial charge >= 0.3 is 5.97 Å². The van der Waals surface area contributed by atoms with Gasteiger partial charge in [0.25, 0.3) is 0 Å². The summed E-state index contributed by atoms with van der Waals surface area (Å²) in [5.41, 5.74) is 5.56. The fourth-order valence-corrected chi connectivity index (χ4v) is 2.59. The molecule has 28 heavy (non-hydrogen) atoms. The molecule has 0 spiro atoms. The van der Waals surface area contributed by atoms with Crippen LogP contribution in [0.3, 0.4) is 0 Å². The van der Waals surface area contributed by atoms with Crippen LogP contribution in [0.25, 0.3) is 0 Å². The maximum atomic E-state index is 13.9. The summed E-state index contributed by atoms with van der Waals surface area (Å²) in [5, 5.41) is 4.87. The van der Waals surface area contributed by atoms with Crippen molar-refractivity contribution in [2.24, 2.45) is 11.7 Å². The third-order valence-corrected chi connectivity index (χ3v) is 4.01. The van der Waals surface area contributed by atoms with Gasteiger partial charge in [-0.05, 0) is 25.0 Å². The molecule has 8 nitrogen and oxygen atoms in total. The number of halogens is 1. The number of benzene rings is 1. The Hall–Kier alpha value is -2.97. The molecule has 0 saturated heterocycles. The molecule has 1 aromatic rings. The summed E-state index contributed by atoms with van der Waals surface area (Å²) >= 11 is 0. The van der Waals surface area contributed by atoms with Crippen molar-refractivity contribution in [3.63, 3.8) is 0 Å². The Morgan fingerprint density at radius 1 is 1.14 bits per heavy atom. The number of esters is 1. The van der Waals surface area contributed by atoms with E-state index < -0.39 is 47.5 Å². The van der Waals surface area contributed by atoms with Crippen LogP contribution in [-0.2, 0) is 30.3 Å². The Labute approximate surface area is 163 Å². The lowest BCUT2D eigenvalue weighted by atomic mass is 10.00. The van der Waals surface area contributed by atoms with Gasteiger partial charge in [-0.2, -0.15) is 0 Å². The van der Waals surface area contributed by atoms with Gasteiger partial charge in [0.15, 0.2) is 0 Å². The van der Waals surface area contributed by atoms with E-state index in [-0.39, 0.29) is 25.0 Å². The normalized spacial score (nSPS) is 13.7. The standard InChI is InChI=1S/C19H26FN3O5/c1-4-28-19(27)11(2)9-15(17(21)25)23-18(26)16(22-12(3)24)10-13-7-5-6-8-14(13)20/h5-8,11,15-16H,4,9-10H2,1-3H3,(H2,21,25)(H,22,24)(H,23,26)/t11-,15+,16+/m0/s1. The maximum Gasteiger partial charge on any atom is 0.308 e. The van der Waals surface area contributed by atoms with Crippen molar-refractivity contribution in [2.45, 2.75) is 45.7 Å². The van der Waals surface area contributed by atoms with Crippen LogP contribution in [0.1, 0.15) is 32.8 Å². The molecule has 0 fully saturated rings. The quantitative estimate of drug-likeness (QED) is 0.495. The molecule has 0 saturated carbocycles. The number of primary amides is 1. The van der Waals surface area contributed by atoms with Crippen molar-refractivity contribution in [1.29, 1.82) is 0 Å². The van der Waals surface area contributed by atoms with Gasteiger partial charge in [0, 0.05) is 13.3 Å². The lowest BCUT2D eigenvalue weighted by molar-refractivity contribution is -0.148. The van der Waals surface area contributed by atoms with E-state index >= 15 is 0 Å². The number of carbonyl (C=O) groups excluding carboxylic acids is 4. The number of nitrogens with two attached hydrogens (primary N) is 1. The molecule has 0 aliphatic heterocycles. The molecule has 0 bridgehead atoms. The second-order valence-corrected chi connectivity index (χ2v) is 6.40. The van der Waals surface area contributed by atoms with Crippen molar-refractivity contribution in [3.8, 4) is 0 Å². The van der Waals surface area contributed by atoms with Gasteiger partial charge in [0.2, 0.25) is 17.7 Å². The minimum Gasteiger partial charge on any atom is -0.466 e. The van der Waals surface area contributed by atoms with E-state index in [0.717, 1.165) is 0 Å². The highest BCUT2D eigenvalue weighted by Gasteiger charge is 2.29. The first-order chi connectivity index (χ1) is 13.1. The number of rotatable bonds is 10. The molecule has 0 heterocycles. The molecule has 0 unspecified atom stereocenters.